The Hall–Kier alpha value is -3.10. The summed E-state index contributed by atoms with van der Waals surface area (Å²) >= 11 is 9.70. The van der Waals surface area contributed by atoms with E-state index < -0.39 is 23.7 Å². The summed E-state index contributed by atoms with van der Waals surface area (Å²) in [6, 6.07) is 6.62. The number of aromatic hydroxyl groups is 8. The van der Waals surface area contributed by atoms with Crippen LogP contribution < -0.4 is 0 Å². The van der Waals surface area contributed by atoms with E-state index in [0.717, 1.165) is 0 Å². The Kier molecular flexibility index (Phi) is 10.9. The Labute approximate surface area is 321 Å². The standard InChI is InChI=1S/C38H40Br2O9S2/c1-15-19-9-20-16(2)25-12-26(38(48)30(40)37(25)47)18(4)22-10-21(17(3)24-11-23(15)35(45)29(39)36(24)46)33(43)28(34(22)44)14-51-8-6-49-5-7-50-13-27(31(19)41)32(20)42/h9-12,15-18,41-48H,5-8,13-14H2,1-4H3. The molecule has 0 amide bonds. The summed E-state index contributed by atoms with van der Waals surface area (Å²) < 4.78 is 5.93. The average Bonchev–Trinajstić information content (AvgIpc) is 3.10. The number of rotatable bonds is 0. The second kappa shape index (κ2) is 14.7. The van der Waals surface area contributed by atoms with Crippen LogP contribution in [0.4, 0.5) is 0 Å². The third-order valence-corrected chi connectivity index (χ3v) is 13.8. The van der Waals surface area contributed by atoms with Gasteiger partial charge in [0, 0.05) is 102 Å². The topological polar surface area (TPSA) is 171 Å². The molecular formula is C38H40Br2O9S2. The molecule has 3 aliphatic rings. The molecule has 4 aromatic carbocycles. The van der Waals surface area contributed by atoms with Crippen molar-refractivity contribution in [3.8, 4) is 46.0 Å². The first kappa shape index (κ1) is 37.7. The third-order valence-electron chi connectivity index (χ3n) is 10.4. The molecule has 4 aromatic rings. The lowest BCUT2D eigenvalue weighted by molar-refractivity contribution is 0.167. The highest BCUT2D eigenvalue weighted by Gasteiger charge is 2.33. The van der Waals surface area contributed by atoms with E-state index in [9.17, 15) is 40.9 Å². The van der Waals surface area contributed by atoms with Gasteiger partial charge in [-0.1, -0.05) is 27.7 Å². The molecule has 8 N–H and O–H groups in total. The smallest absolute Gasteiger partial charge is 0.137 e. The van der Waals surface area contributed by atoms with E-state index in [-0.39, 0.29) is 77.6 Å². The van der Waals surface area contributed by atoms with Gasteiger partial charge in [0.25, 0.3) is 0 Å². The number of phenolic OH excluding ortho intramolecular Hbond substituents is 8. The minimum absolute atomic E-state index is 0.0388. The van der Waals surface area contributed by atoms with Gasteiger partial charge in [0.05, 0.1) is 13.2 Å². The Morgan fingerprint density at radius 3 is 0.941 bits per heavy atom. The highest BCUT2D eigenvalue weighted by Crippen LogP contribution is 2.54. The first-order valence-electron chi connectivity index (χ1n) is 16.5. The van der Waals surface area contributed by atoms with Crippen molar-refractivity contribution < 1.29 is 45.6 Å². The van der Waals surface area contributed by atoms with Crippen LogP contribution in [0.15, 0.2) is 33.2 Å². The highest BCUT2D eigenvalue weighted by molar-refractivity contribution is 9.11. The van der Waals surface area contributed by atoms with E-state index in [4.69, 9.17) is 4.74 Å². The van der Waals surface area contributed by atoms with Crippen LogP contribution in [0.3, 0.4) is 0 Å². The number of thioether (sulfide) groups is 2. The van der Waals surface area contributed by atoms with Gasteiger partial charge in [-0.2, -0.15) is 23.5 Å². The van der Waals surface area contributed by atoms with Gasteiger partial charge in [-0.25, -0.2) is 0 Å². The van der Waals surface area contributed by atoms with Gasteiger partial charge >= 0.3 is 0 Å². The maximum absolute atomic E-state index is 11.8. The molecular weight excluding hydrogens is 824 g/mol. The molecule has 4 atom stereocenters. The van der Waals surface area contributed by atoms with Crippen molar-refractivity contribution in [3.05, 3.63) is 88.8 Å². The molecule has 51 heavy (non-hydrogen) atoms. The molecule has 0 aromatic heterocycles. The van der Waals surface area contributed by atoms with Gasteiger partial charge in [-0.3, -0.25) is 0 Å². The van der Waals surface area contributed by atoms with Crippen LogP contribution in [-0.4, -0.2) is 65.6 Å². The molecule has 7 rings (SSSR count). The van der Waals surface area contributed by atoms with Gasteiger partial charge in [-0.15, -0.1) is 0 Å². The van der Waals surface area contributed by atoms with E-state index in [1.54, 1.807) is 52.0 Å². The van der Waals surface area contributed by atoms with Crippen LogP contribution in [0.2, 0.25) is 0 Å². The van der Waals surface area contributed by atoms with Crippen molar-refractivity contribution in [1.29, 1.82) is 0 Å². The lowest BCUT2D eigenvalue weighted by Gasteiger charge is -2.28. The quantitative estimate of drug-likeness (QED) is 0.0848. The largest absolute Gasteiger partial charge is 0.507 e. The maximum Gasteiger partial charge on any atom is 0.137 e. The second-order valence-corrected chi connectivity index (χ2v) is 17.0. The Bertz CT molecular complexity index is 1780. The van der Waals surface area contributed by atoms with Crippen LogP contribution in [-0.2, 0) is 16.2 Å². The van der Waals surface area contributed by atoms with Crippen LogP contribution in [0.5, 0.6) is 46.0 Å². The second-order valence-electron chi connectivity index (χ2n) is 13.2. The van der Waals surface area contributed by atoms with E-state index in [1.165, 1.54) is 23.5 Å². The highest BCUT2D eigenvalue weighted by atomic mass is 79.9. The summed E-state index contributed by atoms with van der Waals surface area (Å²) in [4.78, 5) is 0. The van der Waals surface area contributed by atoms with Crippen molar-refractivity contribution in [2.45, 2.75) is 62.9 Å². The summed E-state index contributed by atoms with van der Waals surface area (Å²) in [7, 11) is 0. The predicted molar refractivity (Wildman–Crippen MR) is 208 cm³/mol. The zero-order valence-electron chi connectivity index (χ0n) is 28.4. The fraction of sp³-hybridized carbons (Fsp3) is 0.368. The number of ether oxygens (including phenoxy) is 1. The number of fused-ring (bicyclic) bond motifs is 8. The maximum atomic E-state index is 11.8. The number of benzene rings is 4. The first-order valence-corrected chi connectivity index (χ1v) is 20.4. The van der Waals surface area contributed by atoms with E-state index in [1.807, 2.05) is 0 Å². The van der Waals surface area contributed by atoms with Crippen molar-refractivity contribution >= 4 is 55.4 Å². The molecule has 0 spiro atoms. The molecule has 0 saturated carbocycles. The lowest BCUT2D eigenvalue weighted by Crippen LogP contribution is -2.10. The Morgan fingerprint density at radius 2 is 0.686 bits per heavy atom. The average molecular weight is 865 g/mol. The number of phenols is 8. The number of hydrogen-bond donors (Lipinski definition) is 8. The minimum atomic E-state index is -0.684. The van der Waals surface area contributed by atoms with Crippen molar-refractivity contribution in [1.82, 2.24) is 0 Å². The zero-order chi connectivity index (χ0) is 37.0. The minimum Gasteiger partial charge on any atom is -0.507 e. The molecule has 13 heteroatoms. The molecule has 0 saturated heterocycles. The van der Waals surface area contributed by atoms with Crippen LogP contribution in [0, 0.1) is 0 Å². The Balaban J connectivity index is 1.78. The van der Waals surface area contributed by atoms with E-state index in [0.29, 0.717) is 69.2 Å². The van der Waals surface area contributed by atoms with Crippen LogP contribution in [0.1, 0.15) is 107 Å². The fourth-order valence-corrected chi connectivity index (χ4v) is 9.77. The first-order chi connectivity index (χ1) is 24.2. The van der Waals surface area contributed by atoms with Crippen molar-refractivity contribution in [2.24, 2.45) is 0 Å². The van der Waals surface area contributed by atoms with Crippen LogP contribution >= 0.6 is 55.4 Å². The molecule has 0 fully saturated rings. The van der Waals surface area contributed by atoms with Gasteiger partial charge in [-0.05, 0) is 56.1 Å². The third kappa shape index (κ3) is 6.47. The predicted octanol–water partition coefficient (Wildman–Crippen LogP) is 9.27. The molecule has 1 aliphatic carbocycles. The van der Waals surface area contributed by atoms with Crippen LogP contribution in [0.25, 0.3) is 0 Å². The molecule has 272 valence electrons. The summed E-state index contributed by atoms with van der Waals surface area (Å²) in [6.45, 7) is 8.04. The normalized spacial score (nSPS) is 21.1. The van der Waals surface area contributed by atoms with E-state index >= 15 is 0 Å². The van der Waals surface area contributed by atoms with Gasteiger partial charge in [0.15, 0.2) is 0 Å². The van der Waals surface area contributed by atoms with Crippen molar-refractivity contribution in [3.63, 3.8) is 0 Å². The molecule has 9 nitrogen and oxygen atoms in total. The summed E-state index contributed by atoms with van der Waals surface area (Å²) in [5.41, 5.74) is 3.64. The van der Waals surface area contributed by atoms with E-state index in [2.05, 4.69) is 31.9 Å². The molecule has 0 radical (unpaired) electrons. The number of hydrogen-bond acceptors (Lipinski definition) is 11. The summed E-state index contributed by atoms with van der Waals surface area (Å²) in [5, 5.41) is 93.0. The summed E-state index contributed by atoms with van der Waals surface area (Å²) in [6.07, 6.45) is 0. The zero-order valence-corrected chi connectivity index (χ0v) is 33.2. The monoisotopic (exact) mass is 862 g/mol. The molecule has 2 heterocycles. The fourth-order valence-electron chi connectivity index (χ4n) is 7.14. The molecule has 4 unspecified atom stereocenters. The Morgan fingerprint density at radius 1 is 0.451 bits per heavy atom. The van der Waals surface area contributed by atoms with Gasteiger partial charge in [0.2, 0.25) is 0 Å². The van der Waals surface area contributed by atoms with Gasteiger partial charge < -0.3 is 45.6 Å². The van der Waals surface area contributed by atoms with Crippen molar-refractivity contribution in [2.75, 3.05) is 24.7 Å². The SMILES string of the molecule is CC1c2cc(c(O)c(Br)c2O)C(C)c2cc3c(O)c(c2O)CSCCOCCSCc2c(O)c1cc(c2O)C(C)c1cc(c(O)c(Br)c1O)C3C. The molecule has 2 aliphatic heterocycles. The number of halogens is 2. The van der Waals surface area contributed by atoms with Gasteiger partial charge in [0.1, 0.15) is 54.9 Å². The summed E-state index contributed by atoms with van der Waals surface area (Å²) in [5.74, 6) is -2.64. The molecule has 10 bridgehead atoms. The lowest BCUT2D eigenvalue weighted by atomic mass is 9.79.